The average molecular weight is 645 g/mol. The minimum absolute atomic E-state index is 0.0597. The zero-order chi connectivity index (χ0) is 30.6. The normalized spacial score (nSPS) is 17.9. The molecule has 2 amide bonds. The van der Waals surface area contributed by atoms with Crippen LogP contribution in [-0.4, -0.2) is 63.8 Å². The van der Waals surface area contributed by atoms with E-state index in [2.05, 4.69) is 0 Å². The van der Waals surface area contributed by atoms with Crippen LogP contribution < -0.4 is 0 Å². The first kappa shape index (κ1) is 31.0. The summed E-state index contributed by atoms with van der Waals surface area (Å²) in [6, 6.07) is 10.3. The summed E-state index contributed by atoms with van der Waals surface area (Å²) in [4.78, 5) is 62.0. The second-order valence-corrected chi connectivity index (χ2v) is 12.3. The van der Waals surface area contributed by atoms with Gasteiger partial charge in [-0.15, -0.1) is 0 Å². The van der Waals surface area contributed by atoms with E-state index in [1.807, 2.05) is 0 Å². The third-order valence-corrected chi connectivity index (χ3v) is 8.87. The van der Waals surface area contributed by atoms with Crippen LogP contribution in [0, 0.1) is 20.2 Å². The molecule has 0 bridgehead atoms. The average Bonchev–Trinajstić information content (AvgIpc) is 3.36. The van der Waals surface area contributed by atoms with Crippen LogP contribution in [-0.2, 0) is 14.4 Å². The molecule has 0 unspecified atom stereocenters. The summed E-state index contributed by atoms with van der Waals surface area (Å²) in [7, 11) is 0. The fourth-order valence-corrected chi connectivity index (χ4v) is 6.84. The Morgan fingerprint density at radius 3 is 1.93 bits per heavy atom. The number of thiocarbonyl (C=S) groups is 2. The first-order valence-corrected chi connectivity index (χ1v) is 14.7. The Kier molecular flexibility index (Phi) is 9.82. The van der Waals surface area contributed by atoms with E-state index in [0.29, 0.717) is 33.2 Å². The van der Waals surface area contributed by atoms with Crippen molar-refractivity contribution in [1.29, 1.82) is 0 Å². The Morgan fingerprint density at radius 2 is 1.40 bits per heavy atom. The number of amides is 2. The smallest absolute Gasteiger partial charge is 0.326 e. The first-order chi connectivity index (χ1) is 20.0. The molecule has 16 heteroatoms. The third kappa shape index (κ3) is 7.07. The van der Waals surface area contributed by atoms with Crippen molar-refractivity contribution in [2.45, 2.75) is 25.3 Å². The molecule has 1 N–H and O–H groups in total. The van der Waals surface area contributed by atoms with Gasteiger partial charge in [-0.1, -0.05) is 72.2 Å². The molecule has 2 saturated heterocycles. The number of benzene rings is 2. The number of carboxylic acids is 1. The SMILES string of the molecule is O=C(O)[C@H](CCCCN1C(=O)/C(=C\c2cccc([N+](=O)[O-])c2)SC1=S)N1C(=O)/C(=C\c2cccc([N+](=O)[O-])c2)SC1=S. The highest BCUT2D eigenvalue weighted by molar-refractivity contribution is 8.27. The second-order valence-electron chi connectivity index (χ2n) is 8.94. The van der Waals surface area contributed by atoms with Crippen molar-refractivity contribution >= 4 is 97.9 Å². The molecule has 1 atom stereocenters. The Hall–Kier alpha value is -3.99. The molecule has 0 spiro atoms. The number of nitro groups is 2. The van der Waals surface area contributed by atoms with E-state index in [9.17, 15) is 39.7 Å². The molecule has 2 aromatic rings. The van der Waals surface area contributed by atoms with Crippen molar-refractivity contribution < 1.29 is 29.3 Å². The Balaban J connectivity index is 1.37. The maximum absolute atomic E-state index is 13.1. The van der Waals surface area contributed by atoms with E-state index in [0.717, 1.165) is 28.4 Å². The number of hydrogen-bond donors (Lipinski definition) is 1. The highest BCUT2D eigenvalue weighted by Gasteiger charge is 2.40. The summed E-state index contributed by atoms with van der Waals surface area (Å²) in [6.45, 7) is 0.217. The molecule has 2 heterocycles. The molecule has 2 fully saturated rings. The number of nitrogens with zero attached hydrogens (tertiary/aromatic N) is 4. The van der Waals surface area contributed by atoms with E-state index in [1.165, 1.54) is 53.5 Å². The highest BCUT2D eigenvalue weighted by atomic mass is 32.2. The fourth-order valence-electron chi connectivity index (χ4n) is 4.17. The summed E-state index contributed by atoms with van der Waals surface area (Å²) in [5.41, 5.74) is 0.633. The van der Waals surface area contributed by atoms with Crippen molar-refractivity contribution in [2.75, 3.05) is 6.54 Å². The number of thioether (sulfide) groups is 2. The lowest BCUT2D eigenvalue weighted by Crippen LogP contribution is -2.44. The van der Waals surface area contributed by atoms with E-state index in [4.69, 9.17) is 24.4 Å². The van der Waals surface area contributed by atoms with Gasteiger partial charge in [-0.2, -0.15) is 0 Å². The molecule has 0 saturated carbocycles. The molecule has 2 aromatic carbocycles. The van der Waals surface area contributed by atoms with E-state index >= 15 is 0 Å². The topological polar surface area (TPSA) is 164 Å². The monoisotopic (exact) mass is 644 g/mol. The van der Waals surface area contributed by atoms with Crippen LogP contribution in [0.15, 0.2) is 58.3 Å². The predicted octanol–water partition coefficient (Wildman–Crippen LogP) is 5.23. The summed E-state index contributed by atoms with van der Waals surface area (Å²) in [5, 5.41) is 32.0. The summed E-state index contributed by atoms with van der Waals surface area (Å²) in [5.74, 6) is -2.20. The van der Waals surface area contributed by atoms with Gasteiger partial charge in [0.05, 0.1) is 19.7 Å². The third-order valence-electron chi connectivity index (χ3n) is 6.16. The molecule has 42 heavy (non-hydrogen) atoms. The molecule has 216 valence electrons. The standard InChI is InChI=1S/C26H20N4O8S4/c31-22-20(13-15-5-3-7-17(11-15)29(35)36)41-25(39)27(22)10-2-1-9-19(24(33)34)28-23(32)21(42-26(28)40)14-16-6-4-8-18(12-16)30(37)38/h3-8,11-14,19H,1-2,9-10H2,(H,33,34)/b20-13+,21-14+/t19-/m0/s1. The van der Waals surface area contributed by atoms with E-state index in [1.54, 1.807) is 12.1 Å². The molecule has 2 aliphatic rings. The van der Waals surface area contributed by atoms with Crippen molar-refractivity contribution in [3.05, 3.63) is 89.7 Å². The molecule has 0 aliphatic carbocycles. The second kappa shape index (κ2) is 13.3. The van der Waals surface area contributed by atoms with Gasteiger partial charge in [-0.05, 0) is 42.5 Å². The quantitative estimate of drug-likeness (QED) is 0.112. The molecular formula is C26H20N4O8S4. The van der Waals surface area contributed by atoms with Gasteiger partial charge in [0.2, 0.25) is 0 Å². The lowest BCUT2D eigenvalue weighted by atomic mass is 10.1. The van der Waals surface area contributed by atoms with Gasteiger partial charge in [-0.3, -0.25) is 39.6 Å². The van der Waals surface area contributed by atoms with Crippen LogP contribution in [0.3, 0.4) is 0 Å². The largest absolute Gasteiger partial charge is 0.480 e. The van der Waals surface area contributed by atoms with Crippen molar-refractivity contribution in [2.24, 2.45) is 0 Å². The maximum Gasteiger partial charge on any atom is 0.326 e. The lowest BCUT2D eigenvalue weighted by Gasteiger charge is -2.23. The predicted molar refractivity (Wildman–Crippen MR) is 166 cm³/mol. The lowest BCUT2D eigenvalue weighted by molar-refractivity contribution is -0.385. The number of carbonyl (C=O) groups is 3. The van der Waals surface area contributed by atoms with Gasteiger partial charge < -0.3 is 5.11 Å². The molecule has 4 rings (SSSR count). The first-order valence-electron chi connectivity index (χ1n) is 12.2. The van der Waals surface area contributed by atoms with Crippen LogP contribution in [0.25, 0.3) is 12.2 Å². The zero-order valence-electron chi connectivity index (χ0n) is 21.4. The molecule has 12 nitrogen and oxygen atoms in total. The van der Waals surface area contributed by atoms with Crippen molar-refractivity contribution in [3.63, 3.8) is 0 Å². The number of carboxylic acid groups (broad SMARTS) is 1. The van der Waals surface area contributed by atoms with Gasteiger partial charge >= 0.3 is 5.97 Å². The van der Waals surface area contributed by atoms with Gasteiger partial charge in [0.25, 0.3) is 23.2 Å². The van der Waals surface area contributed by atoms with Crippen LogP contribution in [0.4, 0.5) is 11.4 Å². The van der Waals surface area contributed by atoms with Gasteiger partial charge in [-0.25, -0.2) is 4.79 Å². The van der Waals surface area contributed by atoms with Crippen LogP contribution in [0.5, 0.6) is 0 Å². The number of hydrogen-bond acceptors (Lipinski definition) is 11. The number of non-ortho nitro benzene ring substituents is 2. The van der Waals surface area contributed by atoms with Crippen LogP contribution in [0.1, 0.15) is 30.4 Å². The van der Waals surface area contributed by atoms with Gasteiger partial charge in [0, 0.05) is 30.8 Å². The van der Waals surface area contributed by atoms with Crippen LogP contribution >= 0.6 is 48.0 Å². The van der Waals surface area contributed by atoms with Crippen molar-refractivity contribution in [1.82, 2.24) is 9.80 Å². The van der Waals surface area contributed by atoms with Crippen molar-refractivity contribution in [3.8, 4) is 0 Å². The molecule has 0 radical (unpaired) electrons. The fraction of sp³-hybridized carbons (Fsp3) is 0.192. The summed E-state index contributed by atoms with van der Waals surface area (Å²) in [6.07, 6.45) is 3.74. The highest BCUT2D eigenvalue weighted by Crippen LogP contribution is 2.36. The summed E-state index contributed by atoms with van der Waals surface area (Å²) >= 11 is 12.6. The van der Waals surface area contributed by atoms with E-state index in [-0.39, 0.29) is 39.5 Å². The molecular weight excluding hydrogens is 625 g/mol. The minimum Gasteiger partial charge on any atom is -0.480 e. The molecule has 2 aliphatic heterocycles. The van der Waals surface area contributed by atoms with Gasteiger partial charge in [0.15, 0.2) is 0 Å². The maximum atomic E-state index is 13.1. The minimum atomic E-state index is -1.24. The number of aliphatic carboxylic acids is 1. The van der Waals surface area contributed by atoms with Crippen LogP contribution in [0.2, 0.25) is 0 Å². The zero-order valence-corrected chi connectivity index (χ0v) is 24.7. The number of rotatable bonds is 11. The van der Waals surface area contributed by atoms with E-state index < -0.39 is 27.8 Å². The molecule has 0 aromatic heterocycles. The Labute approximate surface area is 257 Å². The number of carbonyl (C=O) groups excluding carboxylic acids is 2. The van der Waals surface area contributed by atoms with Gasteiger partial charge in [0.1, 0.15) is 14.7 Å². The number of nitro benzene ring substituents is 2. The number of unbranched alkanes of at least 4 members (excludes halogenated alkanes) is 1. The Morgan fingerprint density at radius 1 is 0.881 bits per heavy atom. The summed E-state index contributed by atoms with van der Waals surface area (Å²) < 4.78 is 0.377. The Bertz CT molecular complexity index is 1590.